The molecule has 2 aromatic rings. The van der Waals surface area contributed by atoms with Crippen LogP contribution in [0.15, 0.2) is 53.7 Å². The molecule has 7 heteroatoms. The summed E-state index contributed by atoms with van der Waals surface area (Å²) in [5, 5.41) is 16.2. The highest BCUT2D eigenvalue weighted by Crippen LogP contribution is 2.24. The minimum atomic E-state index is -0.622. The number of aliphatic hydroxyl groups is 1. The van der Waals surface area contributed by atoms with Crippen LogP contribution in [0.3, 0.4) is 0 Å². The van der Waals surface area contributed by atoms with Crippen molar-refractivity contribution in [2.75, 3.05) is 19.7 Å². The fourth-order valence-electron chi connectivity index (χ4n) is 3.46. The van der Waals surface area contributed by atoms with Crippen LogP contribution in [0.25, 0.3) is 0 Å². The maximum atomic E-state index is 10.6. The Labute approximate surface area is 194 Å². The predicted octanol–water partition coefficient (Wildman–Crippen LogP) is 5.16. The molecule has 1 aliphatic rings. The van der Waals surface area contributed by atoms with Gasteiger partial charge in [0, 0.05) is 41.7 Å². The molecule has 1 N–H and O–H groups in total. The van der Waals surface area contributed by atoms with Crippen molar-refractivity contribution in [3.8, 4) is 0 Å². The van der Waals surface area contributed by atoms with Gasteiger partial charge in [0.15, 0.2) is 0 Å². The minimum Gasteiger partial charge on any atom is -0.390 e. The van der Waals surface area contributed by atoms with Gasteiger partial charge in [0.1, 0.15) is 6.10 Å². The first kappa shape index (κ1) is 24.0. The first-order valence-corrected chi connectivity index (χ1v) is 11.2. The van der Waals surface area contributed by atoms with E-state index in [2.05, 4.69) is 10.1 Å². The summed E-state index contributed by atoms with van der Waals surface area (Å²) in [7, 11) is 0. The fraction of sp³-hybridized carbons (Fsp3) is 0.458. The highest BCUT2D eigenvalue weighted by molar-refractivity contribution is 6.34. The third-order valence-corrected chi connectivity index (χ3v) is 5.42. The molecule has 0 radical (unpaired) electrons. The molecule has 168 valence electrons. The van der Waals surface area contributed by atoms with E-state index in [0.29, 0.717) is 36.1 Å². The fourth-order valence-corrected chi connectivity index (χ4v) is 3.92. The molecule has 3 rings (SSSR count). The zero-order chi connectivity index (χ0) is 22.4. The molecule has 0 spiro atoms. The largest absolute Gasteiger partial charge is 0.390 e. The second-order valence-corrected chi connectivity index (χ2v) is 9.69. The molecule has 0 aliphatic carbocycles. The average Bonchev–Trinajstić information content (AvgIpc) is 3.14. The molecule has 2 atom stereocenters. The van der Waals surface area contributed by atoms with Crippen molar-refractivity contribution in [3.05, 3.63) is 69.7 Å². The van der Waals surface area contributed by atoms with E-state index in [1.54, 1.807) is 0 Å². The molecule has 2 aromatic carbocycles. The number of rotatable bonds is 9. The third-order valence-electron chi connectivity index (χ3n) is 4.85. The van der Waals surface area contributed by atoms with Crippen LogP contribution in [-0.2, 0) is 16.1 Å². The van der Waals surface area contributed by atoms with E-state index in [1.807, 2.05) is 69.3 Å². The van der Waals surface area contributed by atoms with E-state index in [-0.39, 0.29) is 18.3 Å². The standard InChI is InChI=1S/C24H30Cl2N2O3/c1-24(2,3)30-16-19(29)14-28(13-17-7-6-8-18(25)11-17)15-20-12-23(27-31-20)21-9-4-5-10-22(21)26/h4-11,19-20,29H,12-16H2,1-3H3/t19-,20+/m1/s1. The Morgan fingerprint density at radius 1 is 1.19 bits per heavy atom. The number of hydrogen-bond donors (Lipinski definition) is 1. The first-order valence-electron chi connectivity index (χ1n) is 10.5. The number of ether oxygens (including phenoxy) is 1. The summed E-state index contributed by atoms with van der Waals surface area (Å²) in [6.07, 6.45) is -0.0883. The van der Waals surface area contributed by atoms with Crippen molar-refractivity contribution >= 4 is 28.9 Å². The zero-order valence-corrected chi connectivity index (χ0v) is 19.7. The lowest BCUT2D eigenvalue weighted by molar-refractivity contribution is -0.0600. The molecule has 0 amide bonds. The van der Waals surface area contributed by atoms with Gasteiger partial charge < -0.3 is 14.7 Å². The van der Waals surface area contributed by atoms with Crippen LogP contribution < -0.4 is 0 Å². The van der Waals surface area contributed by atoms with Gasteiger partial charge in [-0.05, 0) is 44.5 Å². The summed E-state index contributed by atoms with van der Waals surface area (Å²) in [4.78, 5) is 7.86. The van der Waals surface area contributed by atoms with Crippen molar-refractivity contribution in [2.24, 2.45) is 5.16 Å². The lowest BCUT2D eigenvalue weighted by Gasteiger charge is -2.28. The third kappa shape index (κ3) is 7.78. The summed E-state index contributed by atoms with van der Waals surface area (Å²) in [5.41, 5.74) is 2.51. The molecule has 0 aromatic heterocycles. The molecular formula is C24H30Cl2N2O3. The lowest BCUT2D eigenvalue weighted by Crippen LogP contribution is -2.40. The van der Waals surface area contributed by atoms with Crippen molar-refractivity contribution in [2.45, 2.75) is 51.5 Å². The SMILES string of the molecule is CC(C)(C)OC[C@H](O)CN(Cc1cccc(Cl)c1)C[C@@H]1CC(c2ccccc2Cl)=NO1. The van der Waals surface area contributed by atoms with Crippen LogP contribution in [-0.4, -0.2) is 53.2 Å². The molecule has 0 saturated carbocycles. The lowest BCUT2D eigenvalue weighted by atomic mass is 10.0. The highest BCUT2D eigenvalue weighted by Gasteiger charge is 2.27. The minimum absolute atomic E-state index is 0.124. The quantitative estimate of drug-likeness (QED) is 0.556. The van der Waals surface area contributed by atoms with Crippen molar-refractivity contribution < 1.29 is 14.7 Å². The molecule has 5 nitrogen and oxygen atoms in total. The smallest absolute Gasteiger partial charge is 0.145 e. The maximum absolute atomic E-state index is 10.6. The van der Waals surface area contributed by atoms with E-state index in [0.717, 1.165) is 16.8 Å². The van der Waals surface area contributed by atoms with Crippen molar-refractivity contribution in [3.63, 3.8) is 0 Å². The number of nitrogens with zero attached hydrogens (tertiary/aromatic N) is 2. The van der Waals surface area contributed by atoms with E-state index in [9.17, 15) is 5.11 Å². The average molecular weight is 465 g/mol. The van der Waals surface area contributed by atoms with E-state index >= 15 is 0 Å². The van der Waals surface area contributed by atoms with Crippen LogP contribution >= 0.6 is 23.2 Å². The molecular weight excluding hydrogens is 435 g/mol. The van der Waals surface area contributed by atoms with Crippen LogP contribution in [0.1, 0.15) is 38.3 Å². The van der Waals surface area contributed by atoms with Gasteiger partial charge >= 0.3 is 0 Å². The van der Waals surface area contributed by atoms with Crippen LogP contribution in [0.5, 0.6) is 0 Å². The number of hydrogen-bond acceptors (Lipinski definition) is 5. The van der Waals surface area contributed by atoms with Gasteiger partial charge in [0.25, 0.3) is 0 Å². The summed E-state index contributed by atoms with van der Waals surface area (Å²) in [6, 6.07) is 15.4. The molecule has 0 saturated heterocycles. The van der Waals surface area contributed by atoms with Gasteiger partial charge in [0.05, 0.1) is 24.0 Å². The normalized spacial score (nSPS) is 17.5. The molecule has 1 aliphatic heterocycles. The Kier molecular flexibility index (Phi) is 8.36. The maximum Gasteiger partial charge on any atom is 0.145 e. The van der Waals surface area contributed by atoms with Crippen molar-refractivity contribution in [1.82, 2.24) is 4.90 Å². The molecule has 1 heterocycles. The summed E-state index contributed by atoms with van der Waals surface area (Å²) in [5.74, 6) is 0. The molecule has 31 heavy (non-hydrogen) atoms. The number of oxime groups is 1. The highest BCUT2D eigenvalue weighted by atomic mass is 35.5. The predicted molar refractivity (Wildman–Crippen MR) is 126 cm³/mol. The Bertz CT molecular complexity index is 898. The Morgan fingerprint density at radius 2 is 1.97 bits per heavy atom. The van der Waals surface area contributed by atoms with Crippen LogP contribution in [0.2, 0.25) is 10.0 Å². The second kappa shape index (κ2) is 10.8. The number of aliphatic hydroxyl groups excluding tert-OH is 1. The number of benzene rings is 2. The topological polar surface area (TPSA) is 54.3 Å². The van der Waals surface area contributed by atoms with Gasteiger partial charge in [-0.15, -0.1) is 0 Å². The Hall–Kier alpha value is -1.63. The van der Waals surface area contributed by atoms with E-state index < -0.39 is 6.10 Å². The Balaban J connectivity index is 1.64. The Morgan fingerprint density at radius 3 is 2.68 bits per heavy atom. The van der Waals surface area contributed by atoms with Gasteiger partial charge in [-0.1, -0.05) is 58.7 Å². The zero-order valence-electron chi connectivity index (χ0n) is 18.2. The first-order chi connectivity index (χ1) is 14.7. The monoisotopic (exact) mass is 464 g/mol. The van der Waals surface area contributed by atoms with Crippen molar-refractivity contribution in [1.29, 1.82) is 0 Å². The summed E-state index contributed by atoms with van der Waals surface area (Å²) >= 11 is 12.5. The van der Waals surface area contributed by atoms with Gasteiger partial charge in [-0.25, -0.2) is 0 Å². The number of halogens is 2. The van der Waals surface area contributed by atoms with Gasteiger partial charge in [-0.3, -0.25) is 4.90 Å². The molecule has 0 fully saturated rings. The summed E-state index contributed by atoms with van der Waals surface area (Å²) in [6.45, 7) is 7.88. The van der Waals surface area contributed by atoms with Crippen LogP contribution in [0, 0.1) is 0 Å². The van der Waals surface area contributed by atoms with Gasteiger partial charge in [0.2, 0.25) is 0 Å². The summed E-state index contributed by atoms with van der Waals surface area (Å²) < 4.78 is 5.75. The second-order valence-electron chi connectivity index (χ2n) is 8.85. The molecule has 0 unspecified atom stereocenters. The van der Waals surface area contributed by atoms with Crippen LogP contribution in [0.4, 0.5) is 0 Å². The molecule has 0 bridgehead atoms. The van der Waals surface area contributed by atoms with Gasteiger partial charge in [-0.2, -0.15) is 0 Å². The van der Waals surface area contributed by atoms with E-state index in [1.165, 1.54) is 0 Å². The van der Waals surface area contributed by atoms with E-state index in [4.69, 9.17) is 32.8 Å².